The van der Waals surface area contributed by atoms with E-state index in [-0.39, 0.29) is 5.91 Å². The lowest BCUT2D eigenvalue weighted by atomic mass is 10.0. The maximum Gasteiger partial charge on any atom is 0.257 e. The molecule has 0 aliphatic carbocycles. The molecule has 1 N–H and O–H groups in total. The van der Waals surface area contributed by atoms with Gasteiger partial charge in [-0.1, -0.05) is 0 Å². The number of piperidine rings is 1. The summed E-state index contributed by atoms with van der Waals surface area (Å²) < 4.78 is 0. The Kier molecular flexibility index (Phi) is 3.71. The van der Waals surface area contributed by atoms with E-state index in [4.69, 9.17) is 0 Å². The van der Waals surface area contributed by atoms with Gasteiger partial charge in [0.25, 0.3) is 5.91 Å². The van der Waals surface area contributed by atoms with Crippen LogP contribution in [0.3, 0.4) is 0 Å². The Morgan fingerprint density at radius 3 is 2.78 bits per heavy atom. The predicted molar refractivity (Wildman–Crippen MR) is 70.7 cm³/mol. The third kappa shape index (κ3) is 2.41. The topological polar surface area (TPSA) is 52.2 Å². The standard InChI is InChI=1S/C13H22N4O/c1-9-12(10(2)15-14-9)13(18)17(4)11-6-5-7-16(3)8-11/h11H,5-8H2,1-4H3,(H,14,15). The molecule has 1 aliphatic rings. The minimum atomic E-state index is 0.0825. The summed E-state index contributed by atoms with van der Waals surface area (Å²) in [4.78, 5) is 16.7. The van der Waals surface area contributed by atoms with Crippen LogP contribution in [-0.4, -0.2) is 59.1 Å². The largest absolute Gasteiger partial charge is 0.337 e. The molecule has 1 saturated heterocycles. The molecule has 18 heavy (non-hydrogen) atoms. The summed E-state index contributed by atoms with van der Waals surface area (Å²) in [7, 11) is 4.01. The van der Waals surface area contributed by atoms with Gasteiger partial charge in [0.2, 0.25) is 0 Å². The van der Waals surface area contributed by atoms with Crippen molar-refractivity contribution in [2.45, 2.75) is 32.7 Å². The van der Waals surface area contributed by atoms with Crippen molar-refractivity contribution in [1.29, 1.82) is 0 Å². The second-order valence-corrected chi connectivity index (χ2v) is 5.28. The summed E-state index contributed by atoms with van der Waals surface area (Å²) in [6.07, 6.45) is 2.24. The van der Waals surface area contributed by atoms with Crippen molar-refractivity contribution in [1.82, 2.24) is 20.0 Å². The monoisotopic (exact) mass is 250 g/mol. The Bertz CT molecular complexity index is 421. The first kappa shape index (κ1) is 13.1. The molecule has 5 nitrogen and oxygen atoms in total. The van der Waals surface area contributed by atoms with Crippen molar-refractivity contribution < 1.29 is 4.79 Å². The number of aromatic nitrogens is 2. The first-order chi connectivity index (χ1) is 8.50. The van der Waals surface area contributed by atoms with E-state index in [0.717, 1.165) is 42.9 Å². The number of hydrogen-bond donors (Lipinski definition) is 1. The Morgan fingerprint density at radius 1 is 1.50 bits per heavy atom. The van der Waals surface area contributed by atoms with Crippen LogP contribution in [0.4, 0.5) is 0 Å². The van der Waals surface area contributed by atoms with E-state index in [0.29, 0.717) is 6.04 Å². The summed E-state index contributed by atoms with van der Waals surface area (Å²) in [5.74, 6) is 0.0825. The highest BCUT2D eigenvalue weighted by molar-refractivity contribution is 5.96. The zero-order chi connectivity index (χ0) is 13.3. The van der Waals surface area contributed by atoms with Crippen molar-refractivity contribution in [3.8, 4) is 0 Å². The van der Waals surface area contributed by atoms with Gasteiger partial charge in [0.1, 0.15) is 0 Å². The van der Waals surface area contributed by atoms with Gasteiger partial charge in [-0.3, -0.25) is 9.89 Å². The Hall–Kier alpha value is -1.36. The number of nitrogens with one attached hydrogen (secondary N) is 1. The maximum absolute atomic E-state index is 12.5. The highest BCUT2D eigenvalue weighted by Crippen LogP contribution is 2.18. The average Bonchev–Trinajstić information content (AvgIpc) is 2.67. The molecular formula is C13H22N4O. The van der Waals surface area contributed by atoms with Crippen molar-refractivity contribution in [3.63, 3.8) is 0 Å². The summed E-state index contributed by atoms with van der Waals surface area (Å²) in [6.45, 7) is 5.85. The second kappa shape index (κ2) is 5.10. The van der Waals surface area contributed by atoms with Crippen LogP contribution >= 0.6 is 0 Å². The Morgan fingerprint density at radius 2 is 2.22 bits per heavy atom. The maximum atomic E-state index is 12.5. The van der Waals surface area contributed by atoms with E-state index >= 15 is 0 Å². The van der Waals surface area contributed by atoms with Gasteiger partial charge in [-0.2, -0.15) is 5.10 Å². The van der Waals surface area contributed by atoms with Gasteiger partial charge >= 0.3 is 0 Å². The zero-order valence-corrected chi connectivity index (χ0v) is 11.7. The minimum absolute atomic E-state index is 0.0825. The SMILES string of the molecule is Cc1n[nH]c(C)c1C(=O)N(C)C1CCCN(C)C1. The number of amides is 1. The lowest BCUT2D eigenvalue weighted by Crippen LogP contribution is -2.47. The molecule has 1 unspecified atom stereocenters. The molecule has 1 aromatic heterocycles. The van der Waals surface area contributed by atoms with Crippen molar-refractivity contribution in [2.24, 2.45) is 0 Å². The van der Waals surface area contributed by atoms with Gasteiger partial charge in [0.15, 0.2) is 0 Å². The second-order valence-electron chi connectivity index (χ2n) is 5.28. The summed E-state index contributed by atoms with van der Waals surface area (Å²) in [6, 6.07) is 0.310. The van der Waals surface area contributed by atoms with Gasteiger partial charge in [0.05, 0.1) is 11.3 Å². The van der Waals surface area contributed by atoms with Crippen LogP contribution in [0.2, 0.25) is 0 Å². The molecule has 0 bridgehead atoms. The number of hydrogen-bond acceptors (Lipinski definition) is 3. The van der Waals surface area contributed by atoms with E-state index in [1.807, 2.05) is 25.8 Å². The normalized spacial score (nSPS) is 21.0. The molecule has 1 aromatic rings. The summed E-state index contributed by atoms with van der Waals surface area (Å²) >= 11 is 0. The molecule has 0 saturated carbocycles. The molecule has 100 valence electrons. The number of nitrogens with zero attached hydrogens (tertiary/aromatic N) is 3. The molecule has 1 aliphatic heterocycles. The van der Waals surface area contributed by atoms with Crippen molar-refractivity contribution in [3.05, 3.63) is 17.0 Å². The molecular weight excluding hydrogens is 228 g/mol. The molecule has 5 heteroatoms. The molecule has 1 amide bonds. The van der Waals surface area contributed by atoms with Gasteiger partial charge in [-0.05, 0) is 40.3 Å². The van der Waals surface area contributed by atoms with Gasteiger partial charge in [-0.15, -0.1) is 0 Å². The van der Waals surface area contributed by atoms with Crippen LogP contribution in [0.25, 0.3) is 0 Å². The molecule has 1 atom stereocenters. The van der Waals surface area contributed by atoms with E-state index < -0.39 is 0 Å². The lowest BCUT2D eigenvalue weighted by molar-refractivity contribution is 0.0642. The van der Waals surface area contributed by atoms with Crippen LogP contribution in [0.1, 0.15) is 34.6 Å². The fourth-order valence-electron chi connectivity index (χ4n) is 2.66. The van der Waals surface area contributed by atoms with E-state index in [2.05, 4.69) is 22.1 Å². The quantitative estimate of drug-likeness (QED) is 0.858. The van der Waals surface area contributed by atoms with Crippen molar-refractivity contribution >= 4 is 5.91 Å². The number of aryl methyl sites for hydroxylation is 2. The molecule has 2 heterocycles. The fraction of sp³-hybridized carbons (Fsp3) is 0.692. The van der Waals surface area contributed by atoms with Gasteiger partial charge in [-0.25, -0.2) is 0 Å². The average molecular weight is 250 g/mol. The van der Waals surface area contributed by atoms with E-state index in [1.165, 1.54) is 0 Å². The first-order valence-corrected chi connectivity index (χ1v) is 6.48. The molecule has 0 radical (unpaired) electrons. The third-order valence-electron chi connectivity index (χ3n) is 3.81. The number of carbonyl (C=O) groups is 1. The molecule has 1 fully saturated rings. The highest BCUT2D eigenvalue weighted by atomic mass is 16.2. The predicted octanol–water partition coefficient (Wildman–Crippen LogP) is 1.19. The number of rotatable bonds is 2. The van der Waals surface area contributed by atoms with Gasteiger partial charge < -0.3 is 9.80 Å². The Labute approximate surface area is 108 Å². The number of H-pyrrole nitrogens is 1. The number of aromatic amines is 1. The number of likely N-dealkylation sites (N-methyl/N-ethyl adjacent to an activating group) is 2. The minimum Gasteiger partial charge on any atom is -0.337 e. The van der Waals surface area contributed by atoms with E-state index in [1.54, 1.807) is 0 Å². The molecule has 2 rings (SSSR count). The molecule has 0 spiro atoms. The smallest absolute Gasteiger partial charge is 0.257 e. The third-order valence-corrected chi connectivity index (χ3v) is 3.81. The van der Waals surface area contributed by atoms with Crippen LogP contribution in [0, 0.1) is 13.8 Å². The Balaban J connectivity index is 2.13. The van der Waals surface area contributed by atoms with E-state index in [9.17, 15) is 4.79 Å². The van der Waals surface area contributed by atoms with Crippen molar-refractivity contribution in [2.75, 3.05) is 27.2 Å². The van der Waals surface area contributed by atoms with Crippen LogP contribution < -0.4 is 0 Å². The lowest BCUT2D eigenvalue weighted by Gasteiger charge is -2.35. The van der Waals surface area contributed by atoms with Gasteiger partial charge in [0, 0.05) is 25.3 Å². The number of likely N-dealkylation sites (tertiary alicyclic amines) is 1. The number of carbonyl (C=O) groups excluding carboxylic acids is 1. The summed E-state index contributed by atoms with van der Waals surface area (Å²) in [5, 5.41) is 6.97. The first-order valence-electron chi connectivity index (χ1n) is 6.48. The zero-order valence-electron chi connectivity index (χ0n) is 11.7. The van der Waals surface area contributed by atoms with Crippen LogP contribution in [-0.2, 0) is 0 Å². The summed E-state index contributed by atoms with van der Waals surface area (Å²) in [5.41, 5.74) is 2.37. The highest BCUT2D eigenvalue weighted by Gasteiger charge is 2.27. The van der Waals surface area contributed by atoms with Crippen LogP contribution in [0.15, 0.2) is 0 Å². The fourth-order valence-corrected chi connectivity index (χ4v) is 2.66. The van der Waals surface area contributed by atoms with Crippen LogP contribution in [0.5, 0.6) is 0 Å². The molecule has 0 aromatic carbocycles.